The molecule has 5 amide bonds. The zero-order chi connectivity index (χ0) is 49.5. The fraction of sp³-hybridized carbons (Fsp3) is 0.500. The van der Waals surface area contributed by atoms with Crippen molar-refractivity contribution in [1.29, 1.82) is 0 Å². The van der Waals surface area contributed by atoms with Gasteiger partial charge in [-0.2, -0.15) is 0 Å². The van der Waals surface area contributed by atoms with Crippen molar-refractivity contribution in [3.8, 4) is 11.8 Å². The third-order valence-corrected chi connectivity index (χ3v) is 11.7. The molecule has 0 bridgehead atoms. The topological polar surface area (TPSA) is 200 Å². The van der Waals surface area contributed by atoms with E-state index in [1.807, 2.05) is 55.5 Å². The van der Waals surface area contributed by atoms with Gasteiger partial charge in [0.1, 0.15) is 12.1 Å². The number of methoxy groups -OCH3 is 1. The number of nitrogens with zero attached hydrogens (tertiary/aromatic N) is 1. The molecule has 1 heterocycles. The van der Waals surface area contributed by atoms with Crippen LogP contribution in [0.4, 0.5) is 5.69 Å². The first kappa shape index (κ1) is 56.2. The number of nitrogens with one attached hydrogen (secondary N) is 4. The van der Waals surface area contributed by atoms with Crippen molar-refractivity contribution in [1.82, 2.24) is 21.3 Å². The predicted octanol–water partition coefficient (Wildman–Crippen LogP) is 5.14. The summed E-state index contributed by atoms with van der Waals surface area (Å²) in [4.78, 5) is 78.2. The molecule has 1 aliphatic heterocycles. The van der Waals surface area contributed by atoms with E-state index in [4.69, 9.17) is 23.7 Å². The Morgan fingerprint density at radius 2 is 1.25 bits per heavy atom. The van der Waals surface area contributed by atoms with E-state index in [-0.39, 0.29) is 56.1 Å². The molecule has 0 fully saturated rings. The summed E-state index contributed by atoms with van der Waals surface area (Å²) in [5.41, 5.74) is 4.53. The van der Waals surface area contributed by atoms with Gasteiger partial charge in [0.25, 0.3) is 0 Å². The lowest BCUT2D eigenvalue weighted by Gasteiger charge is -2.26. The van der Waals surface area contributed by atoms with Crippen molar-refractivity contribution >= 4 is 63.8 Å². The van der Waals surface area contributed by atoms with E-state index in [0.717, 1.165) is 35.2 Å². The molecule has 0 saturated carbocycles. The summed E-state index contributed by atoms with van der Waals surface area (Å²) < 4.78 is 28.2. The Kier molecular flexibility index (Phi) is 27.0. The van der Waals surface area contributed by atoms with E-state index in [0.29, 0.717) is 97.8 Å². The second kappa shape index (κ2) is 33.2. The van der Waals surface area contributed by atoms with Crippen LogP contribution in [0.5, 0.6) is 0 Å². The maximum absolute atomic E-state index is 13.4. The van der Waals surface area contributed by atoms with Gasteiger partial charge >= 0.3 is 5.97 Å². The minimum Gasteiger partial charge on any atom is -0.467 e. The van der Waals surface area contributed by atoms with Crippen molar-refractivity contribution in [2.75, 3.05) is 78.0 Å². The molecule has 2 atom stereocenters. The van der Waals surface area contributed by atoms with Crippen molar-refractivity contribution in [3.63, 3.8) is 0 Å². The van der Waals surface area contributed by atoms with Gasteiger partial charge in [-0.15, -0.1) is 0 Å². The summed E-state index contributed by atoms with van der Waals surface area (Å²) in [5.74, 6) is 4.59. The SMILES string of the molecule is CCCC(NC(=O)CCOCCOCCOCCOCCNC(=O)CCC(=O)N1Cc2ccccc2C#Cc2ccccc21)C(=O)NC(CCCCNC(=O)CCCc1ccc(I)cc1)C(=O)OC. The molecular formula is C52H68IN5O11. The second-order valence-corrected chi connectivity index (χ2v) is 17.5. The van der Waals surface area contributed by atoms with Crippen LogP contribution in [0.2, 0.25) is 0 Å². The van der Waals surface area contributed by atoms with Gasteiger partial charge in [0, 0.05) is 53.5 Å². The highest BCUT2D eigenvalue weighted by molar-refractivity contribution is 14.1. The summed E-state index contributed by atoms with van der Waals surface area (Å²) in [6.45, 7) is 5.42. The Labute approximate surface area is 420 Å². The van der Waals surface area contributed by atoms with Crippen molar-refractivity contribution in [2.24, 2.45) is 0 Å². The monoisotopic (exact) mass is 1070 g/mol. The smallest absolute Gasteiger partial charge is 0.328 e. The molecule has 0 aromatic heterocycles. The second-order valence-electron chi connectivity index (χ2n) is 16.3. The van der Waals surface area contributed by atoms with Crippen molar-refractivity contribution in [2.45, 2.75) is 96.2 Å². The van der Waals surface area contributed by atoms with E-state index in [1.54, 1.807) is 4.90 Å². The molecule has 4 rings (SSSR count). The number of esters is 1. The Morgan fingerprint density at radius 1 is 0.623 bits per heavy atom. The Bertz CT molecular complexity index is 2140. The highest BCUT2D eigenvalue weighted by atomic mass is 127. The standard InChI is InChI=1S/C52H68IN5O11/c1-3-11-44(51(63)57-45(52(64)65-2)16-8-9-28-54-47(59)18-10-12-39-19-23-43(53)24-20-39)56-49(61)27-30-66-32-34-68-36-37-69-35-33-67-31-29-55-48(60)25-26-50(62)58-38-42-15-5-4-13-40(42)21-22-41-14-6-7-17-46(41)58/h4-7,13-15,17,19-20,23-24,44-45H,3,8-12,16,18,25-38H2,1-2H3,(H,54,59)(H,55,60)(H,56,61)(H,57,63). The minimum atomic E-state index is -0.884. The van der Waals surface area contributed by atoms with Crippen LogP contribution >= 0.6 is 22.6 Å². The maximum atomic E-state index is 13.4. The molecule has 1 aliphatic rings. The number of fused-ring (bicyclic) bond motifs is 2. The van der Waals surface area contributed by atoms with Crippen LogP contribution in [0.25, 0.3) is 0 Å². The van der Waals surface area contributed by atoms with Gasteiger partial charge in [-0.05, 0) is 103 Å². The fourth-order valence-electron chi connectivity index (χ4n) is 7.22. The van der Waals surface area contributed by atoms with E-state index in [9.17, 15) is 28.8 Å². The van der Waals surface area contributed by atoms with Crippen LogP contribution < -0.4 is 26.2 Å². The number of hydrogen-bond acceptors (Lipinski definition) is 11. The van der Waals surface area contributed by atoms with Crippen LogP contribution in [0.3, 0.4) is 0 Å². The van der Waals surface area contributed by atoms with Gasteiger partial charge in [-0.25, -0.2) is 4.79 Å². The Balaban J connectivity index is 0.965. The van der Waals surface area contributed by atoms with E-state index >= 15 is 0 Å². The number of carbonyl (C=O) groups excluding carboxylic acids is 6. The van der Waals surface area contributed by atoms with Crippen LogP contribution in [0.15, 0.2) is 72.8 Å². The molecule has 69 heavy (non-hydrogen) atoms. The number of hydrogen-bond donors (Lipinski definition) is 4. The van der Waals surface area contributed by atoms with Gasteiger partial charge in [-0.1, -0.05) is 67.6 Å². The quantitative estimate of drug-likeness (QED) is 0.0273. The molecule has 4 N–H and O–H groups in total. The lowest BCUT2D eigenvalue weighted by Crippen LogP contribution is -2.51. The third-order valence-electron chi connectivity index (χ3n) is 11.0. The number of rotatable bonds is 33. The number of benzene rings is 3. The fourth-order valence-corrected chi connectivity index (χ4v) is 7.58. The van der Waals surface area contributed by atoms with Crippen LogP contribution in [0, 0.1) is 15.4 Å². The van der Waals surface area contributed by atoms with Gasteiger partial charge in [0.15, 0.2) is 0 Å². The summed E-state index contributed by atoms with van der Waals surface area (Å²) in [7, 11) is 1.26. The number of halogens is 1. The number of amides is 5. The highest BCUT2D eigenvalue weighted by Gasteiger charge is 2.27. The first-order valence-corrected chi connectivity index (χ1v) is 24.9. The van der Waals surface area contributed by atoms with Gasteiger partial charge < -0.3 is 49.9 Å². The molecule has 0 spiro atoms. The summed E-state index contributed by atoms with van der Waals surface area (Å²) in [5, 5.41) is 11.2. The predicted molar refractivity (Wildman–Crippen MR) is 270 cm³/mol. The van der Waals surface area contributed by atoms with Crippen molar-refractivity contribution in [3.05, 3.63) is 98.6 Å². The molecule has 3 aromatic rings. The van der Waals surface area contributed by atoms with Gasteiger partial charge in [0.2, 0.25) is 29.5 Å². The van der Waals surface area contributed by atoms with E-state index in [1.165, 1.54) is 16.2 Å². The molecule has 374 valence electrons. The average Bonchev–Trinajstić information content (AvgIpc) is 3.34. The zero-order valence-corrected chi connectivity index (χ0v) is 42.1. The summed E-state index contributed by atoms with van der Waals surface area (Å²) >= 11 is 2.26. The molecule has 2 unspecified atom stereocenters. The zero-order valence-electron chi connectivity index (χ0n) is 40.0. The van der Waals surface area contributed by atoms with E-state index in [2.05, 4.69) is 80.0 Å². The number of aryl methyl sites for hydroxylation is 1. The number of anilines is 1. The molecule has 0 saturated heterocycles. The number of ether oxygens (including phenoxy) is 5. The normalized spacial score (nSPS) is 12.4. The molecule has 3 aromatic carbocycles. The minimum absolute atomic E-state index is 0.0198. The molecule has 16 nitrogen and oxygen atoms in total. The number of para-hydroxylation sites is 1. The molecule has 17 heteroatoms. The van der Waals surface area contributed by atoms with Crippen molar-refractivity contribution < 1.29 is 52.5 Å². The molecule has 0 radical (unpaired) electrons. The number of carbonyl (C=O) groups is 6. The van der Waals surface area contributed by atoms with Crippen LogP contribution in [0.1, 0.15) is 93.4 Å². The van der Waals surface area contributed by atoms with Gasteiger partial charge in [-0.3, -0.25) is 24.0 Å². The summed E-state index contributed by atoms with van der Waals surface area (Å²) in [6.07, 6.45) is 4.70. The summed E-state index contributed by atoms with van der Waals surface area (Å²) in [6, 6.07) is 21.8. The first-order chi connectivity index (χ1) is 33.6. The highest BCUT2D eigenvalue weighted by Crippen LogP contribution is 2.26. The average molecular weight is 1070 g/mol. The Morgan fingerprint density at radius 3 is 1.96 bits per heavy atom. The first-order valence-electron chi connectivity index (χ1n) is 23.8. The molecule has 0 aliphatic carbocycles. The number of unbranched alkanes of at least 4 members (excludes halogenated alkanes) is 1. The van der Waals surface area contributed by atoms with E-state index < -0.39 is 24.0 Å². The Hall–Kier alpha value is -5.39. The lowest BCUT2D eigenvalue weighted by molar-refractivity contribution is -0.145. The lowest BCUT2D eigenvalue weighted by atomic mass is 10.0. The van der Waals surface area contributed by atoms with Gasteiger partial charge in [0.05, 0.1) is 72.2 Å². The maximum Gasteiger partial charge on any atom is 0.328 e. The largest absolute Gasteiger partial charge is 0.467 e. The third kappa shape index (κ3) is 22.3. The van der Waals surface area contributed by atoms with Crippen LogP contribution in [-0.4, -0.2) is 121 Å². The molecular weight excluding hydrogens is 997 g/mol. The van der Waals surface area contributed by atoms with Crippen LogP contribution in [-0.2, 0) is 65.4 Å².